The molecule has 1 aromatic carbocycles. The van der Waals surface area contributed by atoms with Crippen LogP contribution in [-0.4, -0.2) is 30.9 Å². The minimum Gasteiger partial charge on any atom is -0.462 e. The Morgan fingerprint density at radius 2 is 2.04 bits per heavy atom. The van der Waals surface area contributed by atoms with Gasteiger partial charge in [0.1, 0.15) is 0 Å². The van der Waals surface area contributed by atoms with Gasteiger partial charge in [-0.05, 0) is 25.3 Å². The molecule has 2 atom stereocenters. The van der Waals surface area contributed by atoms with E-state index >= 15 is 0 Å². The molecule has 0 aromatic heterocycles. The van der Waals surface area contributed by atoms with Crippen molar-refractivity contribution in [3.63, 3.8) is 0 Å². The number of esters is 2. The molecule has 1 aromatic rings. The van der Waals surface area contributed by atoms with Gasteiger partial charge in [0.25, 0.3) is 0 Å². The van der Waals surface area contributed by atoms with Crippen molar-refractivity contribution < 1.29 is 23.8 Å². The van der Waals surface area contributed by atoms with Gasteiger partial charge < -0.3 is 14.2 Å². The summed E-state index contributed by atoms with van der Waals surface area (Å²) in [5.41, 5.74) is 1.68. The summed E-state index contributed by atoms with van der Waals surface area (Å²) in [4.78, 5) is 24.7. The number of carbonyl (C=O) groups is 2. The lowest BCUT2D eigenvalue weighted by molar-refractivity contribution is -0.190. The molecule has 2 heterocycles. The van der Waals surface area contributed by atoms with Gasteiger partial charge in [-0.3, -0.25) is 0 Å². The fourth-order valence-electron chi connectivity index (χ4n) is 3.60. The van der Waals surface area contributed by atoms with E-state index in [-0.39, 0.29) is 18.1 Å². The van der Waals surface area contributed by atoms with Crippen LogP contribution in [-0.2, 0) is 23.8 Å². The first-order valence-corrected chi connectivity index (χ1v) is 8.47. The largest absolute Gasteiger partial charge is 0.462 e. The van der Waals surface area contributed by atoms with E-state index in [2.05, 4.69) is 0 Å². The summed E-state index contributed by atoms with van der Waals surface area (Å²) < 4.78 is 16.7. The average Bonchev–Trinajstić information content (AvgIpc) is 3.11. The molecule has 24 heavy (non-hydrogen) atoms. The average molecular weight is 330 g/mol. The maximum absolute atomic E-state index is 12.5. The zero-order valence-corrected chi connectivity index (χ0v) is 14.0. The minimum absolute atomic E-state index is 0.0153. The zero-order valence-electron chi connectivity index (χ0n) is 14.0. The monoisotopic (exact) mass is 330 g/mol. The topological polar surface area (TPSA) is 61.8 Å². The Kier molecular flexibility index (Phi) is 4.71. The normalized spacial score (nSPS) is 26.1. The molecule has 0 aliphatic carbocycles. The predicted octanol–water partition coefficient (Wildman–Crippen LogP) is 3.10. The lowest BCUT2D eigenvalue weighted by atomic mass is 9.83. The van der Waals surface area contributed by atoms with Gasteiger partial charge in [-0.25, -0.2) is 9.59 Å². The highest BCUT2D eigenvalue weighted by Gasteiger charge is 2.58. The number of benzene rings is 1. The second-order valence-electron chi connectivity index (χ2n) is 5.98. The molecule has 0 amide bonds. The SMILES string of the molecule is CCCC1=C(C(=O)OCC)C(=O)O[C@]12OCC[C@@H]2c1ccccc1. The first kappa shape index (κ1) is 16.7. The van der Waals surface area contributed by atoms with E-state index in [1.807, 2.05) is 37.3 Å². The van der Waals surface area contributed by atoms with Crippen LogP contribution < -0.4 is 0 Å². The van der Waals surface area contributed by atoms with Crippen molar-refractivity contribution in [2.45, 2.75) is 44.8 Å². The molecule has 0 saturated carbocycles. The molecule has 2 aliphatic rings. The Labute approximate surface area is 141 Å². The summed E-state index contributed by atoms with van der Waals surface area (Å²) >= 11 is 0. The summed E-state index contributed by atoms with van der Waals surface area (Å²) in [7, 11) is 0. The van der Waals surface area contributed by atoms with Crippen molar-refractivity contribution in [2.75, 3.05) is 13.2 Å². The molecule has 3 rings (SSSR count). The second-order valence-corrected chi connectivity index (χ2v) is 5.98. The van der Waals surface area contributed by atoms with E-state index in [0.29, 0.717) is 18.6 Å². The molecule has 0 unspecified atom stereocenters. The van der Waals surface area contributed by atoms with Crippen molar-refractivity contribution in [1.29, 1.82) is 0 Å². The molecule has 128 valence electrons. The summed E-state index contributed by atoms with van der Waals surface area (Å²) in [5, 5.41) is 0. The Morgan fingerprint density at radius 3 is 2.71 bits per heavy atom. The maximum atomic E-state index is 12.5. The zero-order chi connectivity index (χ0) is 17.2. The molecule has 1 saturated heterocycles. The van der Waals surface area contributed by atoms with Crippen LogP contribution >= 0.6 is 0 Å². The Bertz CT molecular complexity index is 664. The Morgan fingerprint density at radius 1 is 1.29 bits per heavy atom. The quantitative estimate of drug-likeness (QED) is 0.613. The van der Waals surface area contributed by atoms with Gasteiger partial charge in [0.15, 0.2) is 5.57 Å². The molecule has 0 radical (unpaired) electrons. The van der Waals surface area contributed by atoms with E-state index in [1.54, 1.807) is 6.92 Å². The van der Waals surface area contributed by atoms with E-state index in [1.165, 1.54) is 0 Å². The molecule has 0 N–H and O–H groups in total. The molecule has 5 nitrogen and oxygen atoms in total. The van der Waals surface area contributed by atoms with Gasteiger partial charge in [-0.2, -0.15) is 0 Å². The second kappa shape index (κ2) is 6.77. The predicted molar refractivity (Wildman–Crippen MR) is 87.1 cm³/mol. The smallest absolute Gasteiger partial charge is 0.348 e. The number of ether oxygens (including phenoxy) is 3. The fraction of sp³-hybridized carbons (Fsp3) is 0.474. The standard InChI is InChI=1S/C19H22O5/c1-3-8-15-16(17(20)22-4-2)18(21)24-19(15)14(11-12-23-19)13-9-6-5-7-10-13/h5-7,9-10,14H,3-4,8,11-12H2,1-2H3/t14-,19+/m1/s1. The summed E-state index contributed by atoms with van der Waals surface area (Å²) in [6.45, 7) is 4.41. The first-order valence-electron chi connectivity index (χ1n) is 8.47. The molecule has 1 spiro atoms. The number of hydrogen-bond acceptors (Lipinski definition) is 5. The number of carbonyl (C=O) groups excluding carboxylic acids is 2. The van der Waals surface area contributed by atoms with Crippen LogP contribution in [0.25, 0.3) is 0 Å². The highest BCUT2D eigenvalue weighted by atomic mass is 16.7. The van der Waals surface area contributed by atoms with Gasteiger partial charge in [0.05, 0.1) is 19.1 Å². The fourth-order valence-corrected chi connectivity index (χ4v) is 3.60. The third kappa shape index (κ3) is 2.63. The van der Waals surface area contributed by atoms with Gasteiger partial charge in [-0.1, -0.05) is 43.7 Å². The van der Waals surface area contributed by atoms with E-state index in [9.17, 15) is 9.59 Å². The van der Waals surface area contributed by atoms with E-state index < -0.39 is 17.7 Å². The van der Waals surface area contributed by atoms with Crippen molar-refractivity contribution in [2.24, 2.45) is 0 Å². The van der Waals surface area contributed by atoms with Gasteiger partial charge in [0, 0.05) is 5.57 Å². The van der Waals surface area contributed by atoms with Gasteiger partial charge in [0.2, 0.25) is 5.79 Å². The molecule has 1 fully saturated rings. The lowest BCUT2D eigenvalue weighted by Crippen LogP contribution is -2.37. The Balaban J connectivity index is 2.08. The third-order valence-corrected chi connectivity index (χ3v) is 4.53. The molecular formula is C19H22O5. The third-order valence-electron chi connectivity index (χ3n) is 4.53. The van der Waals surface area contributed by atoms with Crippen LogP contribution in [0.1, 0.15) is 44.6 Å². The number of hydrogen-bond donors (Lipinski definition) is 0. The molecular weight excluding hydrogens is 308 g/mol. The van der Waals surface area contributed by atoms with Crippen molar-refractivity contribution in [1.82, 2.24) is 0 Å². The van der Waals surface area contributed by atoms with Crippen molar-refractivity contribution in [3.05, 3.63) is 47.0 Å². The summed E-state index contributed by atoms with van der Waals surface area (Å²) in [6.07, 6.45) is 2.07. The van der Waals surface area contributed by atoms with Crippen LogP contribution in [0, 0.1) is 0 Å². The molecule has 5 heteroatoms. The van der Waals surface area contributed by atoms with Crippen molar-refractivity contribution >= 4 is 11.9 Å². The van der Waals surface area contributed by atoms with Crippen LogP contribution in [0.5, 0.6) is 0 Å². The van der Waals surface area contributed by atoms with Crippen LogP contribution in [0.3, 0.4) is 0 Å². The van der Waals surface area contributed by atoms with E-state index in [4.69, 9.17) is 14.2 Å². The minimum atomic E-state index is -1.17. The van der Waals surface area contributed by atoms with Crippen LogP contribution in [0.4, 0.5) is 0 Å². The van der Waals surface area contributed by atoms with Gasteiger partial charge in [-0.15, -0.1) is 0 Å². The first-order chi connectivity index (χ1) is 11.6. The summed E-state index contributed by atoms with van der Waals surface area (Å²) in [6, 6.07) is 9.85. The van der Waals surface area contributed by atoms with E-state index in [0.717, 1.165) is 18.4 Å². The number of rotatable bonds is 5. The molecule has 2 aliphatic heterocycles. The summed E-state index contributed by atoms with van der Waals surface area (Å²) in [5.74, 6) is -2.54. The highest BCUT2D eigenvalue weighted by Crippen LogP contribution is 2.51. The highest BCUT2D eigenvalue weighted by molar-refractivity contribution is 6.16. The van der Waals surface area contributed by atoms with Crippen molar-refractivity contribution in [3.8, 4) is 0 Å². The van der Waals surface area contributed by atoms with Crippen LogP contribution in [0.2, 0.25) is 0 Å². The van der Waals surface area contributed by atoms with Crippen LogP contribution in [0.15, 0.2) is 41.5 Å². The molecule has 0 bridgehead atoms. The lowest BCUT2D eigenvalue weighted by Gasteiger charge is -2.31. The Hall–Kier alpha value is -2.14. The van der Waals surface area contributed by atoms with Gasteiger partial charge >= 0.3 is 11.9 Å². The maximum Gasteiger partial charge on any atom is 0.348 e.